The minimum atomic E-state index is -0.422. The van der Waals surface area contributed by atoms with Gasteiger partial charge in [0, 0.05) is 16.8 Å². The lowest BCUT2D eigenvalue weighted by atomic mass is 10.2. The monoisotopic (exact) mass is 344 g/mol. The highest BCUT2D eigenvalue weighted by Crippen LogP contribution is 2.25. The largest absolute Gasteiger partial charge is 0.467 e. The van der Waals surface area contributed by atoms with Gasteiger partial charge in [-0.1, -0.05) is 15.9 Å². The molecule has 0 radical (unpaired) electrons. The molecule has 0 fully saturated rings. The fraction of sp³-hybridized carbons (Fsp3) is 0.385. The van der Waals surface area contributed by atoms with E-state index in [1.165, 1.54) is 7.11 Å². The fourth-order valence-electron chi connectivity index (χ4n) is 2.09. The second-order valence-electron chi connectivity index (χ2n) is 4.17. The number of aryl methyl sites for hydroxylation is 1. The maximum atomic E-state index is 11.8. The molecular weight excluding hydrogens is 332 g/mol. The van der Waals surface area contributed by atoms with E-state index < -0.39 is 6.04 Å². The Balaban J connectivity index is 2.61. The molecule has 0 saturated heterocycles. The SMILES string of the molecule is COC(=O)C(C)n1c(CCCl)nc2cc(Br)ccc21. The van der Waals surface area contributed by atoms with E-state index >= 15 is 0 Å². The van der Waals surface area contributed by atoms with E-state index in [9.17, 15) is 4.79 Å². The highest BCUT2D eigenvalue weighted by molar-refractivity contribution is 9.10. The van der Waals surface area contributed by atoms with Crippen molar-refractivity contribution in [3.63, 3.8) is 0 Å². The summed E-state index contributed by atoms with van der Waals surface area (Å²) < 4.78 is 7.65. The number of halogens is 2. The Morgan fingerprint density at radius 1 is 1.58 bits per heavy atom. The number of carbonyl (C=O) groups excluding carboxylic acids is 1. The number of fused-ring (bicyclic) bond motifs is 1. The molecule has 1 atom stereocenters. The van der Waals surface area contributed by atoms with Crippen molar-refractivity contribution in [2.24, 2.45) is 0 Å². The predicted molar refractivity (Wildman–Crippen MR) is 78.6 cm³/mol. The maximum Gasteiger partial charge on any atom is 0.328 e. The van der Waals surface area contributed by atoms with Crippen LogP contribution in [0.25, 0.3) is 11.0 Å². The molecule has 1 heterocycles. The van der Waals surface area contributed by atoms with E-state index in [0.717, 1.165) is 21.3 Å². The summed E-state index contributed by atoms with van der Waals surface area (Å²) in [6.45, 7) is 1.80. The van der Waals surface area contributed by atoms with Crippen molar-refractivity contribution >= 4 is 44.5 Å². The van der Waals surface area contributed by atoms with Crippen LogP contribution in [0.2, 0.25) is 0 Å². The van der Waals surface area contributed by atoms with Gasteiger partial charge >= 0.3 is 5.97 Å². The Hall–Kier alpha value is -1.07. The first-order valence-corrected chi connectivity index (χ1v) is 7.21. The van der Waals surface area contributed by atoms with Crippen molar-refractivity contribution in [2.75, 3.05) is 13.0 Å². The number of ether oxygens (including phenoxy) is 1. The fourth-order valence-corrected chi connectivity index (χ4v) is 2.61. The summed E-state index contributed by atoms with van der Waals surface area (Å²) in [6, 6.07) is 5.36. The van der Waals surface area contributed by atoms with Gasteiger partial charge in [0.25, 0.3) is 0 Å². The van der Waals surface area contributed by atoms with Gasteiger partial charge in [-0.25, -0.2) is 9.78 Å². The normalized spacial score (nSPS) is 12.6. The molecule has 0 aliphatic carbocycles. The zero-order valence-corrected chi connectivity index (χ0v) is 13.0. The lowest BCUT2D eigenvalue weighted by Crippen LogP contribution is -2.20. The second-order valence-corrected chi connectivity index (χ2v) is 5.46. The predicted octanol–water partition coefficient (Wildman–Crippen LogP) is 3.31. The number of rotatable bonds is 4. The molecule has 0 aliphatic rings. The molecule has 0 bridgehead atoms. The van der Waals surface area contributed by atoms with Crippen LogP contribution in [0.15, 0.2) is 22.7 Å². The van der Waals surface area contributed by atoms with Gasteiger partial charge in [-0.2, -0.15) is 0 Å². The zero-order valence-electron chi connectivity index (χ0n) is 10.7. The quantitative estimate of drug-likeness (QED) is 0.631. The van der Waals surface area contributed by atoms with Gasteiger partial charge < -0.3 is 9.30 Å². The standard InChI is InChI=1S/C13H14BrClN2O2/c1-8(13(18)19-2)17-11-4-3-9(14)7-10(11)16-12(17)5-6-15/h3-4,7-8H,5-6H2,1-2H3. The molecule has 1 unspecified atom stereocenters. The molecule has 1 aromatic heterocycles. The van der Waals surface area contributed by atoms with Crippen LogP contribution >= 0.6 is 27.5 Å². The molecule has 4 nitrogen and oxygen atoms in total. The molecule has 2 aromatic rings. The van der Waals surface area contributed by atoms with Crippen LogP contribution in [0.1, 0.15) is 18.8 Å². The van der Waals surface area contributed by atoms with Crippen molar-refractivity contribution in [1.82, 2.24) is 9.55 Å². The molecule has 19 heavy (non-hydrogen) atoms. The number of nitrogens with zero attached hydrogens (tertiary/aromatic N) is 2. The van der Waals surface area contributed by atoms with Gasteiger partial charge in [-0.15, -0.1) is 11.6 Å². The number of aromatic nitrogens is 2. The van der Waals surface area contributed by atoms with E-state index in [1.54, 1.807) is 6.92 Å². The number of esters is 1. The topological polar surface area (TPSA) is 44.1 Å². The minimum Gasteiger partial charge on any atom is -0.467 e. The first-order valence-electron chi connectivity index (χ1n) is 5.88. The molecule has 0 N–H and O–H groups in total. The van der Waals surface area contributed by atoms with Crippen LogP contribution < -0.4 is 0 Å². The molecule has 0 spiro atoms. The molecule has 0 saturated carbocycles. The van der Waals surface area contributed by atoms with Crippen molar-refractivity contribution in [3.8, 4) is 0 Å². The minimum absolute atomic E-state index is 0.293. The number of alkyl halides is 1. The van der Waals surface area contributed by atoms with Gasteiger partial charge in [0.2, 0.25) is 0 Å². The number of hydrogen-bond acceptors (Lipinski definition) is 3. The molecule has 0 amide bonds. The molecule has 6 heteroatoms. The van der Waals surface area contributed by atoms with Crippen LogP contribution in [0, 0.1) is 0 Å². The average molecular weight is 346 g/mol. The first kappa shape index (κ1) is 14.3. The highest BCUT2D eigenvalue weighted by atomic mass is 79.9. The van der Waals surface area contributed by atoms with Crippen LogP contribution in [-0.4, -0.2) is 28.5 Å². The zero-order chi connectivity index (χ0) is 14.0. The van der Waals surface area contributed by atoms with Gasteiger partial charge in [0.15, 0.2) is 0 Å². The Morgan fingerprint density at radius 2 is 2.32 bits per heavy atom. The molecule has 102 valence electrons. The Kier molecular flexibility index (Phi) is 4.47. The van der Waals surface area contributed by atoms with Crippen LogP contribution in [0.5, 0.6) is 0 Å². The lowest BCUT2D eigenvalue weighted by Gasteiger charge is -2.15. The molecule has 2 rings (SSSR count). The van der Waals surface area contributed by atoms with Gasteiger partial charge in [0.1, 0.15) is 11.9 Å². The average Bonchev–Trinajstić information content (AvgIpc) is 2.74. The first-order chi connectivity index (χ1) is 9.08. The number of carbonyl (C=O) groups is 1. The molecular formula is C13H14BrClN2O2. The molecule has 0 aliphatic heterocycles. The van der Waals surface area contributed by atoms with Crippen molar-refractivity contribution in [1.29, 1.82) is 0 Å². The summed E-state index contributed by atoms with van der Waals surface area (Å²) >= 11 is 9.22. The highest BCUT2D eigenvalue weighted by Gasteiger charge is 2.21. The third-order valence-electron chi connectivity index (χ3n) is 2.97. The van der Waals surface area contributed by atoms with E-state index in [1.807, 2.05) is 22.8 Å². The molecule has 1 aromatic carbocycles. The second kappa shape index (κ2) is 5.92. The van der Waals surface area contributed by atoms with Crippen molar-refractivity contribution < 1.29 is 9.53 Å². The Morgan fingerprint density at radius 3 is 2.95 bits per heavy atom. The Bertz CT molecular complexity index is 612. The third-order valence-corrected chi connectivity index (χ3v) is 3.65. The van der Waals surface area contributed by atoms with Gasteiger partial charge in [-0.3, -0.25) is 0 Å². The number of methoxy groups -OCH3 is 1. The number of hydrogen-bond donors (Lipinski definition) is 0. The van der Waals surface area contributed by atoms with Gasteiger partial charge in [-0.05, 0) is 25.1 Å². The van der Waals surface area contributed by atoms with Crippen molar-refractivity contribution in [3.05, 3.63) is 28.5 Å². The number of imidazole rings is 1. The van der Waals surface area contributed by atoms with Crippen LogP contribution in [-0.2, 0) is 16.0 Å². The summed E-state index contributed by atoms with van der Waals surface area (Å²) in [7, 11) is 1.38. The van der Waals surface area contributed by atoms with Crippen LogP contribution in [0.4, 0.5) is 0 Å². The summed E-state index contributed by atoms with van der Waals surface area (Å²) in [6.07, 6.45) is 0.606. The van der Waals surface area contributed by atoms with Gasteiger partial charge in [0.05, 0.1) is 18.1 Å². The summed E-state index contributed by atoms with van der Waals surface area (Å²) in [4.78, 5) is 16.3. The summed E-state index contributed by atoms with van der Waals surface area (Å²) in [5.74, 6) is 0.956. The van der Waals surface area contributed by atoms with E-state index in [4.69, 9.17) is 16.3 Å². The smallest absolute Gasteiger partial charge is 0.328 e. The third kappa shape index (κ3) is 2.77. The van der Waals surface area contributed by atoms with Crippen LogP contribution in [0.3, 0.4) is 0 Å². The summed E-state index contributed by atoms with van der Waals surface area (Å²) in [5.41, 5.74) is 1.74. The van der Waals surface area contributed by atoms with E-state index in [0.29, 0.717) is 12.3 Å². The van der Waals surface area contributed by atoms with Crippen molar-refractivity contribution in [2.45, 2.75) is 19.4 Å². The lowest BCUT2D eigenvalue weighted by molar-refractivity contribution is -0.143. The maximum absolute atomic E-state index is 11.8. The Labute approximate surface area is 124 Å². The number of benzene rings is 1. The summed E-state index contributed by atoms with van der Waals surface area (Å²) in [5, 5.41) is 0. The van der Waals surface area contributed by atoms with E-state index in [-0.39, 0.29) is 5.97 Å². The van der Waals surface area contributed by atoms with E-state index in [2.05, 4.69) is 20.9 Å².